The highest BCUT2D eigenvalue weighted by Crippen LogP contribution is 2.26. The van der Waals surface area contributed by atoms with Crippen molar-refractivity contribution in [1.82, 2.24) is 21.0 Å². The van der Waals surface area contributed by atoms with E-state index in [2.05, 4.69) is 21.0 Å². The number of amides is 2. The first-order valence-electron chi connectivity index (χ1n) is 11.4. The molecule has 1 heterocycles. The number of hydrogen-bond donors (Lipinski definition) is 2. The number of nitrogens with one attached hydrogen (secondary N) is 2. The Balaban J connectivity index is 1.31. The smallest absolute Gasteiger partial charge is 0.279 e. The molecular formula is C27H26N4O5. The second-order valence-corrected chi connectivity index (χ2v) is 7.91. The van der Waals surface area contributed by atoms with Gasteiger partial charge in [0, 0.05) is 16.7 Å². The van der Waals surface area contributed by atoms with E-state index < -0.39 is 17.9 Å². The summed E-state index contributed by atoms with van der Waals surface area (Å²) in [6.07, 6.45) is -0.828. The summed E-state index contributed by atoms with van der Waals surface area (Å²) in [4.78, 5) is 24.8. The lowest BCUT2D eigenvalue weighted by molar-refractivity contribution is -0.128. The van der Waals surface area contributed by atoms with Crippen LogP contribution in [0.5, 0.6) is 11.5 Å². The van der Waals surface area contributed by atoms with Crippen LogP contribution in [0.2, 0.25) is 0 Å². The van der Waals surface area contributed by atoms with Gasteiger partial charge >= 0.3 is 0 Å². The van der Waals surface area contributed by atoms with Gasteiger partial charge in [0.05, 0.1) is 6.61 Å². The van der Waals surface area contributed by atoms with Crippen molar-refractivity contribution in [3.63, 3.8) is 0 Å². The fourth-order valence-electron chi connectivity index (χ4n) is 3.36. The molecule has 2 amide bonds. The van der Waals surface area contributed by atoms with Crippen LogP contribution in [0.4, 0.5) is 0 Å². The summed E-state index contributed by atoms with van der Waals surface area (Å²) in [5.41, 5.74) is 7.67. The maximum Gasteiger partial charge on any atom is 0.279 e. The van der Waals surface area contributed by atoms with Crippen molar-refractivity contribution in [3.05, 3.63) is 83.9 Å². The third kappa shape index (κ3) is 5.87. The molecule has 184 valence electrons. The van der Waals surface area contributed by atoms with Gasteiger partial charge in [-0.3, -0.25) is 20.4 Å². The Labute approximate surface area is 208 Å². The molecule has 0 radical (unpaired) electrons. The summed E-state index contributed by atoms with van der Waals surface area (Å²) in [5.74, 6) is 1.02. The summed E-state index contributed by atoms with van der Waals surface area (Å²) in [6, 6.07) is 21.3. The summed E-state index contributed by atoms with van der Waals surface area (Å²) in [5, 5.41) is 8.24. The minimum atomic E-state index is -0.828. The lowest BCUT2D eigenvalue weighted by Crippen LogP contribution is -2.47. The van der Waals surface area contributed by atoms with Crippen LogP contribution in [-0.4, -0.2) is 34.7 Å². The van der Waals surface area contributed by atoms with E-state index in [1.165, 1.54) is 0 Å². The highest BCUT2D eigenvalue weighted by molar-refractivity contribution is 5.96. The molecule has 1 aromatic heterocycles. The summed E-state index contributed by atoms with van der Waals surface area (Å²) in [7, 11) is 0. The summed E-state index contributed by atoms with van der Waals surface area (Å²) >= 11 is 0. The molecule has 0 saturated carbocycles. The molecule has 9 nitrogen and oxygen atoms in total. The van der Waals surface area contributed by atoms with Crippen LogP contribution in [-0.2, 0) is 4.79 Å². The fourth-order valence-corrected chi connectivity index (χ4v) is 3.36. The van der Waals surface area contributed by atoms with Gasteiger partial charge in [-0.25, -0.2) is 0 Å². The number of carbonyl (C=O) groups excluding carboxylic acids is 2. The second kappa shape index (κ2) is 11.2. The molecule has 0 aliphatic carbocycles. The molecule has 0 aliphatic rings. The number of hydrogen-bond acceptors (Lipinski definition) is 7. The van der Waals surface area contributed by atoms with Crippen LogP contribution in [0.15, 0.2) is 77.2 Å². The SMILES string of the molecule is CCOc1ccc(OC(C)C(=O)NNC(=O)c2ccc(-c3nnc(-c4ccccc4C)o3)cc2)cc1. The highest BCUT2D eigenvalue weighted by Gasteiger charge is 2.17. The number of benzene rings is 3. The Hall–Kier alpha value is -4.66. The molecular weight excluding hydrogens is 460 g/mol. The number of ether oxygens (including phenoxy) is 2. The van der Waals surface area contributed by atoms with E-state index in [9.17, 15) is 9.59 Å². The van der Waals surface area contributed by atoms with Gasteiger partial charge < -0.3 is 13.9 Å². The predicted molar refractivity (Wildman–Crippen MR) is 133 cm³/mol. The zero-order chi connectivity index (χ0) is 25.5. The van der Waals surface area contributed by atoms with E-state index in [1.807, 2.05) is 38.1 Å². The molecule has 3 aromatic carbocycles. The Morgan fingerprint density at radius 1 is 0.889 bits per heavy atom. The lowest BCUT2D eigenvalue weighted by atomic mass is 10.1. The highest BCUT2D eigenvalue weighted by atomic mass is 16.5. The molecule has 36 heavy (non-hydrogen) atoms. The van der Waals surface area contributed by atoms with Gasteiger partial charge in [0.2, 0.25) is 11.8 Å². The van der Waals surface area contributed by atoms with Gasteiger partial charge in [-0.05, 0) is 80.9 Å². The summed E-state index contributed by atoms with van der Waals surface area (Å²) in [6.45, 7) is 6.02. The van der Waals surface area contributed by atoms with Crippen LogP contribution < -0.4 is 20.3 Å². The van der Waals surface area contributed by atoms with E-state index in [-0.39, 0.29) is 0 Å². The quantitative estimate of drug-likeness (QED) is 0.356. The van der Waals surface area contributed by atoms with Gasteiger partial charge in [-0.1, -0.05) is 18.2 Å². The van der Waals surface area contributed by atoms with Gasteiger partial charge in [0.1, 0.15) is 11.5 Å². The molecule has 4 aromatic rings. The number of rotatable bonds is 8. The van der Waals surface area contributed by atoms with E-state index in [1.54, 1.807) is 55.5 Å². The maximum absolute atomic E-state index is 12.5. The Kier molecular flexibility index (Phi) is 7.60. The molecule has 0 spiro atoms. The van der Waals surface area contributed by atoms with Crippen LogP contribution in [0.3, 0.4) is 0 Å². The van der Waals surface area contributed by atoms with Gasteiger partial charge in [-0.15, -0.1) is 10.2 Å². The van der Waals surface area contributed by atoms with Crippen LogP contribution in [0.25, 0.3) is 22.9 Å². The first kappa shape index (κ1) is 24.5. The average molecular weight is 487 g/mol. The van der Waals surface area contributed by atoms with Crippen molar-refractivity contribution in [3.8, 4) is 34.4 Å². The molecule has 4 rings (SSSR count). The van der Waals surface area contributed by atoms with Crippen LogP contribution >= 0.6 is 0 Å². The molecule has 0 fully saturated rings. The molecule has 0 aliphatic heterocycles. The van der Waals surface area contributed by atoms with Crippen LogP contribution in [0, 0.1) is 6.92 Å². The molecule has 1 atom stereocenters. The van der Waals surface area contributed by atoms with Crippen molar-refractivity contribution in [2.45, 2.75) is 26.9 Å². The van der Waals surface area contributed by atoms with Crippen LogP contribution in [0.1, 0.15) is 29.8 Å². The minimum Gasteiger partial charge on any atom is -0.494 e. The molecule has 0 saturated heterocycles. The van der Waals surface area contributed by atoms with Gasteiger partial charge in [0.15, 0.2) is 6.10 Å². The number of nitrogens with zero attached hydrogens (tertiary/aromatic N) is 2. The first-order chi connectivity index (χ1) is 17.4. The monoisotopic (exact) mass is 486 g/mol. The van der Waals surface area contributed by atoms with Crippen molar-refractivity contribution in [2.24, 2.45) is 0 Å². The number of hydrazine groups is 1. The van der Waals surface area contributed by atoms with E-state index in [4.69, 9.17) is 13.9 Å². The average Bonchev–Trinajstić information content (AvgIpc) is 3.39. The zero-order valence-electron chi connectivity index (χ0n) is 20.1. The number of carbonyl (C=O) groups is 2. The van der Waals surface area contributed by atoms with Gasteiger partial charge in [0.25, 0.3) is 11.8 Å². The zero-order valence-corrected chi connectivity index (χ0v) is 20.1. The molecule has 9 heteroatoms. The third-order valence-corrected chi connectivity index (χ3v) is 5.31. The van der Waals surface area contributed by atoms with E-state index >= 15 is 0 Å². The molecule has 2 N–H and O–H groups in total. The lowest BCUT2D eigenvalue weighted by Gasteiger charge is -2.15. The fraction of sp³-hybridized carbons (Fsp3) is 0.185. The third-order valence-electron chi connectivity index (χ3n) is 5.31. The largest absolute Gasteiger partial charge is 0.494 e. The number of aromatic nitrogens is 2. The van der Waals surface area contributed by atoms with Crippen molar-refractivity contribution in [2.75, 3.05) is 6.61 Å². The Bertz CT molecular complexity index is 1330. The maximum atomic E-state index is 12.5. The number of aryl methyl sites for hydroxylation is 1. The van der Waals surface area contributed by atoms with Crippen molar-refractivity contribution < 1.29 is 23.5 Å². The predicted octanol–water partition coefficient (Wildman–Crippen LogP) is 4.34. The van der Waals surface area contributed by atoms with Crippen molar-refractivity contribution >= 4 is 11.8 Å². The first-order valence-corrected chi connectivity index (χ1v) is 11.4. The Morgan fingerprint density at radius 3 is 2.25 bits per heavy atom. The van der Waals surface area contributed by atoms with E-state index in [0.717, 1.165) is 11.1 Å². The minimum absolute atomic E-state index is 0.341. The topological polar surface area (TPSA) is 116 Å². The summed E-state index contributed by atoms with van der Waals surface area (Å²) < 4.78 is 16.8. The van der Waals surface area contributed by atoms with Gasteiger partial charge in [-0.2, -0.15) is 0 Å². The molecule has 0 bridgehead atoms. The normalized spacial score (nSPS) is 11.4. The van der Waals surface area contributed by atoms with E-state index in [0.29, 0.717) is 41.0 Å². The Morgan fingerprint density at radius 2 is 1.56 bits per heavy atom. The van der Waals surface area contributed by atoms with Crippen molar-refractivity contribution in [1.29, 1.82) is 0 Å². The molecule has 1 unspecified atom stereocenters. The second-order valence-electron chi connectivity index (χ2n) is 7.91. The standard InChI is InChI=1S/C27H26N4O5/c1-4-34-21-13-15-22(16-14-21)35-18(3)24(32)28-29-25(33)19-9-11-20(12-10-19)26-30-31-27(36-26)23-8-6-5-7-17(23)2/h5-16,18H,4H2,1-3H3,(H,28,32)(H,29,33).